The number of amides is 1. The van der Waals surface area contributed by atoms with Gasteiger partial charge in [0.15, 0.2) is 0 Å². The van der Waals surface area contributed by atoms with Crippen molar-refractivity contribution in [2.75, 3.05) is 26.2 Å². The number of carboxylic acid groups (broad SMARTS) is 1. The summed E-state index contributed by atoms with van der Waals surface area (Å²) in [4.78, 5) is 27.3. The predicted octanol–water partition coefficient (Wildman–Crippen LogP) is 2.56. The first-order chi connectivity index (χ1) is 13.5. The second kappa shape index (κ2) is 7.64. The van der Waals surface area contributed by atoms with Crippen LogP contribution in [0.15, 0.2) is 54.6 Å². The largest absolute Gasteiger partial charge is 0.481 e. The van der Waals surface area contributed by atoms with Gasteiger partial charge in [-0.25, -0.2) is 4.79 Å². The molecule has 1 amide bonds. The van der Waals surface area contributed by atoms with Crippen LogP contribution in [0, 0.1) is 0 Å². The minimum absolute atomic E-state index is 0.0403. The number of carbonyl (C=O) groups is 2. The van der Waals surface area contributed by atoms with E-state index in [1.165, 1.54) is 5.56 Å². The van der Waals surface area contributed by atoms with Gasteiger partial charge in [0, 0.05) is 32.6 Å². The van der Waals surface area contributed by atoms with Crippen LogP contribution < -0.4 is 0 Å². The van der Waals surface area contributed by atoms with E-state index in [-0.39, 0.29) is 18.1 Å². The molecular formula is C22H24N2O4. The topological polar surface area (TPSA) is 70.1 Å². The van der Waals surface area contributed by atoms with Gasteiger partial charge in [0.2, 0.25) is 0 Å². The lowest BCUT2D eigenvalue weighted by molar-refractivity contribution is -0.136. The molecule has 2 aromatic carbocycles. The van der Waals surface area contributed by atoms with E-state index in [4.69, 9.17) is 9.84 Å². The van der Waals surface area contributed by atoms with Crippen LogP contribution in [0.5, 0.6) is 0 Å². The van der Waals surface area contributed by atoms with Crippen molar-refractivity contribution in [3.8, 4) is 0 Å². The molecule has 0 spiro atoms. The predicted molar refractivity (Wildman–Crippen MR) is 104 cm³/mol. The molecule has 0 aromatic heterocycles. The number of cyclic esters (lactones) is 1. The third-order valence-corrected chi connectivity index (χ3v) is 5.58. The lowest BCUT2D eigenvalue weighted by atomic mass is 9.88. The van der Waals surface area contributed by atoms with Crippen molar-refractivity contribution in [3.05, 3.63) is 71.3 Å². The number of aliphatic carboxylic acids is 1. The van der Waals surface area contributed by atoms with Gasteiger partial charge in [-0.15, -0.1) is 0 Å². The number of carboxylic acids is 1. The highest BCUT2D eigenvalue weighted by Crippen LogP contribution is 2.32. The van der Waals surface area contributed by atoms with E-state index in [1.807, 2.05) is 47.4 Å². The van der Waals surface area contributed by atoms with Gasteiger partial charge in [0.05, 0.1) is 12.0 Å². The fourth-order valence-electron chi connectivity index (χ4n) is 4.25. The van der Waals surface area contributed by atoms with Crippen molar-refractivity contribution in [1.29, 1.82) is 0 Å². The summed E-state index contributed by atoms with van der Waals surface area (Å²) in [5.41, 5.74) is 2.81. The Morgan fingerprint density at radius 3 is 2.43 bits per heavy atom. The molecule has 0 aliphatic carbocycles. The number of carbonyl (C=O) groups excluding carboxylic acids is 1. The van der Waals surface area contributed by atoms with Crippen LogP contribution in [0.2, 0.25) is 0 Å². The molecule has 1 atom stereocenters. The molecule has 6 nitrogen and oxygen atoms in total. The number of benzene rings is 2. The molecule has 146 valence electrons. The summed E-state index contributed by atoms with van der Waals surface area (Å²) in [7, 11) is 0. The molecule has 0 saturated carbocycles. The van der Waals surface area contributed by atoms with Crippen molar-refractivity contribution in [2.24, 2.45) is 0 Å². The van der Waals surface area contributed by atoms with E-state index in [0.717, 1.165) is 37.2 Å². The summed E-state index contributed by atoms with van der Waals surface area (Å²) in [6, 6.07) is 18.0. The van der Waals surface area contributed by atoms with E-state index in [2.05, 4.69) is 17.0 Å². The molecule has 2 aliphatic heterocycles. The Morgan fingerprint density at radius 2 is 1.71 bits per heavy atom. The maximum atomic E-state index is 12.2. The Kier molecular flexibility index (Phi) is 5.05. The van der Waals surface area contributed by atoms with Crippen molar-refractivity contribution in [2.45, 2.75) is 24.9 Å². The molecular weight excluding hydrogens is 356 g/mol. The van der Waals surface area contributed by atoms with Crippen molar-refractivity contribution in [1.82, 2.24) is 9.80 Å². The van der Waals surface area contributed by atoms with Crippen LogP contribution in [0.25, 0.3) is 0 Å². The number of piperazine rings is 1. The van der Waals surface area contributed by atoms with Gasteiger partial charge in [0.1, 0.15) is 6.61 Å². The highest BCUT2D eigenvalue weighted by Gasteiger charge is 2.50. The standard InChI is InChI=1S/C22H24N2O4/c25-20(26)12-17-6-8-19(9-7-17)14-23-10-11-24-21(27)28-16-22(24,15-23)13-18-4-2-1-3-5-18/h1-9H,10-16H2,(H,25,26). The number of ether oxygens (including phenoxy) is 1. The minimum Gasteiger partial charge on any atom is -0.481 e. The summed E-state index contributed by atoms with van der Waals surface area (Å²) in [6.45, 7) is 3.39. The first kappa shape index (κ1) is 18.5. The van der Waals surface area contributed by atoms with E-state index in [0.29, 0.717) is 13.2 Å². The number of hydrogen-bond acceptors (Lipinski definition) is 4. The van der Waals surface area contributed by atoms with Crippen LogP contribution >= 0.6 is 0 Å². The summed E-state index contributed by atoms with van der Waals surface area (Å²) >= 11 is 0. The Hall–Kier alpha value is -2.86. The maximum Gasteiger partial charge on any atom is 0.410 e. The normalized spacial score (nSPS) is 22.0. The molecule has 1 unspecified atom stereocenters. The molecule has 28 heavy (non-hydrogen) atoms. The lowest BCUT2D eigenvalue weighted by Gasteiger charge is -2.45. The Bertz CT molecular complexity index is 853. The fraction of sp³-hybridized carbons (Fsp3) is 0.364. The van der Waals surface area contributed by atoms with Crippen LogP contribution in [-0.2, 0) is 28.9 Å². The third kappa shape index (κ3) is 3.87. The van der Waals surface area contributed by atoms with Crippen LogP contribution in [0.3, 0.4) is 0 Å². The second-order valence-corrected chi connectivity index (χ2v) is 7.69. The first-order valence-electron chi connectivity index (χ1n) is 9.54. The molecule has 2 aliphatic rings. The third-order valence-electron chi connectivity index (χ3n) is 5.58. The van der Waals surface area contributed by atoms with E-state index in [1.54, 1.807) is 0 Å². The molecule has 2 aromatic rings. The smallest absolute Gasteiger partial charge is 0.410 e. The average molecular weight is 380 g/mol. The molecule has 2 heterocycles. The van der Waals surface area contributed by atoms with Crippen LogP contribution in [0.1, 0.15) is 16.7 Å². The van der Waals surface area contributed by atoms with Crippen LogP contribution in [0.4, 0.5) is 4.79 Å². The molecule has 1 N–H and O–H groups in total. The zero-order valence-electron chi connectivity index (χ0n) is 15.7. The minimum atomic E-state index is -0.822. The Balaban J connectivity index is 1.48. The van der Waals surface area contributed by atoms with E-state index >= 15 is 0 Å². The zero-order chi connectivity index (χ0) is 19.6. The zero-order valence-corrected chi connectivity index (χ0v) is 15.7. The number of nitrogens with zero attached hydrogens (tertiary/aromatic N) is 2. The number of fused-ring (bicyclic) bond motifs is 1. The van der Waals surface area contributed by atoms with E-state index < -0.39 is 5.97 Å². The van der Waals surface area contributed by atoms with Crippen molar-refractivity contribution >= 4 is 12.1 Å². The number of rotatable bonds is 6. The SMILES string of the molecule is O=C(O)Cc1ccc(CN2CCN3C(=O)OCC3(Cc3ccccc3)C2)cc1. The van der Waals surface area contributed by atoms with Crippen LogP contribution in [-0.4, -0.2) is 58.7 Å². The average Bonchev–Trinajstić information content (AvgIpc) is 2.99. The summed E-state index contributed by atoms with van der Waals surface area (Å²) in [6.07, 6.45) is 0.597. The first-order valence-corrected chi connectivity index (χ1v) is 9.54. The summed E-state index contributed by atoms with van der Waals surface area (Å²) in [5, 5.41) is 8.90. The molecule has 0 radical (unpaired) electrons. The van der Waals surface area contributed by atoms with Gasteiger partial charge >= 0.3 is 12.1 Å². The van der Waals surface area contributed by atoms with E-state index in [9.17, 15) is 9.59 Å². The Morgan fingerprint density at radius 1 is 1.00 bits per heavy atom. The maximum absolute atomic E-state index is 12.2. The highest BCUT2D eigenvalue weighted by molar-refractivity contribution is 5.72. The quantitative estimate of drug-likeness (QED) is 0.834. The monoisotopic (exact) mass is 380 g/mol. The fourth-order valence-corrected chi connectivity index (χ4v) is 4.25. The van der Waals surface area contributed by atoms with Crippen molar-refractivity contribution < 1.29 is 19.4 Å². The molecule has 4 rings (SSSR count). The van der Waals surface area contributed by atoms with Gasteiger partial charge in [-0.2, -0.15) is 0 Å². The second-order valence-electron chi connectivity index (χ2n) is 7.69. The van der Waals surface area contributed by atoms with Gasteiger partial charge in [0.25, 0.3) is 0 Å². The molecule has 2 fully saturated rings. The summed E-state index contributed by atoms with van der Waals surface area (Å²) < 4.78 is 5.43. The number of hydrogen-bond donors (Lipinski definition) is 1. The van der Waals surface area contributed by atoms with Gasteiger partial charge in [-0.05, 0) is 16.7 Å². The van der Waals surface area contributed by atoms with Gasteiger partial charge < -0.3 is 9.84 Å². The lowest BCUT2D eigenvalue weighted by Crippen LogP contribution is -2.62. The van der Waals surface area contributed by atoms with Gasteiger partial charge in [-0.1, -0.05) is 54.6 Å². The Labute approximate surface area is 164 Å². The van der Waals surface area contributed by atoms with Gasteiger partial charge in [-0.3, -0.25) is 14.6 Å². The molecule has 2 saturated heterocycles. The summed E-state index contributed by atoms with van der Waals surface area (Å²) in [5.74, 6) is -0.822. The highest BCUT2D eigenvalue weighted by atomic mass is 16.6. The molecule has 0 bridgehead atoms. The molecule has 6 heteroatoms. The van der Waals surface area contributed by atoms with Crippen molar-refractivity contribution in [3.63, 3.8) is 0 Å².